The Hall–Kier alpha value is -2.90. The molecule has 0 saturated carbocycles. The number of nitrogens with zero attached hydrogens (tertiary/aromatic N) is 1. The molecule has 0 radical (unpaired) electrons. The van der Waals surface area contributed by atoms with Crippen LogP contribution in [0.2, 0.25) is 0 Å². The highest BCUT2D eigenvalue weighted by Gasteiger charge is 2.12. The van der Waals surface area contributed by atoms with Crippen molar-refractivity contribution in [3.63, 3.8) is 0 Å². The third-order valence-electron chi connectivity index (χ3n) is 2.51. The Kier molecular flexibility index (Phi) is 3.65. The number of anilines is 1. The number of carbonyl (C=O) groups is 1. The number of hydrogen-bond donors (Lipinski definition) is 2. The number of nitro groups is 1. The molecule has 0 bridgehead atoms. The lowest BCUT2D eigenvalue weighted by molar-refractivity contribution is -0.384. The Morgan fingerprint density at radius 1 is 1.45 bits per heavy atom. The maximum absolute atomic E-state index is 13.5. The van der Waals surface area contributed by atoms with Crippen LogP contribution in [-0.2, 0) is 6.54 Å². The second-order valence-electron chi connectivity index (χ2n) is 3.88. The third kappa shape index (κ3) is 2.91. The number of nitrogens with one attached hydrogen (secondary N) is 1. The Labute approximate surface area is 111 Å². The van der Waals surface area contributed by atoms with Gasteiger partial charge in [0.05, 0.1) is 22.7 Å². The van der Waals surface area contributed by atoms with Crippen molar-refractivity contribution in [1.29, 1.82) is 0 Å². The molecule has 2 aromatic rings. The molecule has 0 spiro atoms. The number of aromatic carboxylic acids is 1. The van der Waals surface area contributed by atoms with Gasteiger partial charge in [-0.15, -0.1) is 0 Å². The summed E-state index contributed by atoms with van der Waals surface area (Å²) >= 11 is 0. The molecule has 0 aliphatic carbocycles. The average molecular weight is 280 g/mol. The highest BCUT2D eigenvalue weighted by molar-refractivity contribution is 5.87. The van der Waals surface area contributed by atoms with E-state index in [9.17, 15) is 19.3 Å². The molecule has 7 nitrogen and oxygen atoms in total. The molecule has 8 heteroatoms. The summed E-state index contributed by atoms with van der Waals surface area (Å²) in [6.07, 6.45) is 1.06. The van der Waals surface area contributed by atoms with E-state index >= 15 is 0 Å². The van der Waals surface area contributed by atoms with Crippen LogP contribution in [0.5, 0.6) is 0 Å². The Balaban J connectivity index is 2.11. The van der Waals surface area contributed by atoms with Crippen LogP contribution in [0.1, 0.15) is 16.1 Å². The van der Waals surface area contributed by atoms with Crippen LogP contribution < -0.4 is 5.32 Å². The summed E-state index contributed by atoms with van der Waals surface area (Å²) in [7, 11) is 0. The number of hydrogen-bond acceptors (Lipinski definition) is 5. The summed E-state index contributed by atoms with van der Waals surface area (Å²) in [4.78, 5) is 20.6. The van der Waals surface area contributed by atoms with Crippen LogP contribution in [0, 0.1) is 15.9 Å². The first-order valence-corrected chi connectivity index (χ1v) is 5.46. The predicted molar refractivity (Wildman–Crippen MR) is 66.0 cm³/mol. The zero-order chi connectivity index (χ0) is 14.7. The fourth-order valence-electron chi connectivity index (χ4n) is 1.53. The van der Waals surface area contributed by atoms with Crippen LogP contribution in [0.15, 0.2) is 34.9 Å². The van der Waals surface area contributed by atoms with Crippen molar-refractivity contribution in [2.24, 2.45) is 0 Å². The van der Waals surface area contributed by atoms with Gasteiger partial charge in [0.2, 0.25) is 0 Å². The molecule has 0 amide bonds. The number of rotatable bonds is 5. The molecule has 0 aliphatic heterocycles. The second kappa shape index (κ2) is 5.39. The molecule has 2 rings (SSSR count). The number of furan rings is 1. The van der Waals surface area contributed by atoms with E-state index in [-0.39, 0.29) is 29.2 Å². The van der Waals surface area contributed by atoms with Crippen molar-refractivity contribution in [1.82, 2.24) is 0 Å². The van der Waals surface area contributed by atoms with Gasteiger partial charge in [-0.25, -0.2) is 9.18 Å². The third-order valence-corrected chi connectivity index (χ3v) is 2.51. The quantitative estimate of drug-likeness (QED) is 0.644. The topological polar surface area (TPSA) is 106 Å². The maximum Gasteiger partial charge on any atom is 0.338 e. The van der Waals surface area contributed by atoms with E-state index in [2.05, 4.69) is 5.32 Å². The largest absolute Gasteiger partial charge is 0.478 e. The van der Waals surface area contributed by atoms with Crippen LogP contribution in [-0.4, -0.2) is 16.0 Å². The number of halogens is 1. The molecule has 104 valence electrons. The van der Waals surface area contributed by atoms with Crippen molar-refractivity contribution in [2.45, 2.75) is 6.54 Å². The van der Waals surface area contributed by atoms with Gasteiger partial charge in [-0.3, -0.25) is 10.1 Å². The minimum absolute atomic E-state index is 0.00533. The average Bonchev–Trinajstić information content (AvgIpc) is 2.86. The van der Waals surface area contributed by atoms with Gasteiger partial charge in [-0.2, -0.15) is 0 Å². The van der Waals surface area contributed by atoms with Crippen molar-refractivity contribution in [3.05, 3.63) is 57.8 Å². The molecule has 1 aromatic heterocycles. The molecule has 2 N–H and O–H groups in total. The second-order valence-corrected chi connectivity index (χ2v) is 3.88. The number of carboxylic acids is 1. The molecule has 1 aromatic carbocycles. The lowest BCUT2D eigenvalue weighted by Gasteiger charge is -2.05. The highest BCUT2D eigenvalue weighted by atomic mass is 19.1. The molecule has 0 fully saturated rings. The zero-order valence-electron chi connectivity index (χ0n) is 10.00. The summed E-state index contributed by atoms with van der Waals surface area (Å²) in [5.41, 5.74) is -0.339. The summed E-state index contributed by atoms with van der Waals surface area (Å²) in [5.74, 6) is -1.52. The number of carboxylic acid groups (broad SMARTS) is 1. The van der Waals surface area contributed by atoms with E-state index in [0.29, 0.717) is 0 Å². The van der Waals surface area contributed by atoms with Crippen LogP contribution >= 0.6 is 0 Å². The Bertz CT molecular complexity index is 668. The van der Waals surface area contributed by atoms with Crippen molar-refractivity contribution in [3.8, 4) is 0 Å². The monoisotopic (exact) mass is 280 g/mol. The van der Waals surface area contributed by atoms with Crippen molar-refractivity contribution >= 4 is 17.3 Å². The minimum atomic E-state index is -1.14. The zero-order valence-corrected chi connectivity index (χ0v) is 10.00. The van der Waals surface area contributed by atoms with Crippen molar-refractivity contribution < 1.29 is 23.6 Å². The van der Waals surface area contributed by atoms with Gasteiger partial charge < -0.3 is 14.8 Å². The first-order valence-electron chi connectivity index (χ1n) is 5.46. The van der Waals surface area contributed by atoms with Gasteiger partial charge in [-0.1, -0.05) is 0 Å². The lowest BCUT2D eigenvalue weighted by Crippen LogP contribution is -2.01. The maximum atomic E-state index is 13.5. The summed E-state index contributed by atoms with van der Waals surface area (Å²) in [5, 5.41) is 21.9. The van der Waals surface area contributed by atoms with Gasteiger partial charge in [0.15, 0.2) is 0 Å². The standard InChI is InChI=1S/C12H9FN2O5/c13-10-2-1-8(15(18)19)4-11(10)14-5-9-3-7(6-20-9)12(16)17/h1-4,6,14H,5H2,(H,16,17). The Morgan fingerprint density at radius 3 is 2.80 bits per heavy atom. The summed E-state index contributed by atoms with van der Waals surface area (Å²) in [6, 6.07) is 4.36. The van der Waals surface area contributed by atoms with Gasteiger partial charge in [0.25, 0.3) is 5.69 Å². The highest BCUT2D eigenvalue weighted by Crippen LogP contribution is 2.22. The van der Waals surface area contributed by atoms with Gasteiger partial charge in [-0.05, 0) is 12.1 Å². The molecular formula is C12H9FN2O5. The van der Waals surface area contributed by atoms with Gasteiger partial charge in [0.1, 0.15) is 17.8 Å². The van der Waals surface area contributed by atoms with E-state index in [1.807, 2.05) is 0 Å². The summed E-state index contributed by atoms with van der Waals surface area (Å²) in [6.45, 7) is 0.00533. The van der Waals surface area contributed by atoms with E-state index in [1.165, 1.54) is 6.07 Å². The fraction of sp³-hybridized carbons (Fsp3) is 0.0833. The predicted octanol–water partition coefficient (Wildman–Crippen LogP) is 2.64. The molecule has 0 unspecified atom stereocenters. The van der Waals surface area contributed by atoms with Crippen LogP contribution in [0.3, 0.4) is 0 Å². The normalized spacial score (nSPS) is 10.2. The lowest BCUT2D eigenvalue weighted by atomic mass is 10.2. The first kappa shape index (κ1) is 13.5. The van der Waals surface area contributed by atoms with E-state index in [1.54, 1.807) is 0 Å². The molecule has 0 atom stereocenters. The number of benzene rings is 1. The molecule has 1 heterocycles. The number of nitro benzene ring substituents is 1. The van der Waals surface area contributed by atoms with Crippen molar-refractivity contribution in [2.75, 3.05) is 5.32 Å². The number of non-ortho nitro benzene ring substituents is 1. The molecule has 0 saturated heterocycles. The molecular weight excluding hydrogens is 271 g/mol. The van der Waals surface area contributed by atoms with Gasteiger partial charge >= 0.3 is 5.97 Å². The fourth-order valence-corrected chi connectivity index (χ4v) is 1.53. The molecule has 20 heavy (non-hydrogen) atoms. The summed E-state index contributed by atoms with van der Waals surface area (Å²) < 4.78 is 18.4. The van der Waals surface area contributed by atoms with E-state index < -0.39 is 16.7 Å². The molecule has 0 aliphatic rings. The smallest absolute Gasteiger partial charge is 0.338 e. The van der Waals surface area contributed by atoms with Crippen LogP contribution in [0.25, 0.3) is 0 Å². The van der Waals surface area contributed by atoms with E-state index in [0.717, 1.165) is 24.5 Å². The van der Waals surface area contributed by atoms with Gasteiger partial charge in [0, 0.05) is 12.1 Å². The first-order chi connectivity index (χ1) is 9.47. The SMILES string of the molecule is O=C(O)c1coc(CNc2cc([N+](=O)[O-])ccc2F)c1. The Morgan fingerprint density at radius 2 is 2.20 bits per heavy atom. The van der Waals surface area contributed by atoms with E-state index in [4.69, 9.17) is 9.52 Å². The minimum Gasteiger partial charge on any atom is -0.478 e. The van der Waals surface area contributed by atoms with Crippen LogP contribution in [0.4, 0.5) is 15.8 Å².